The first kappa shape index (κ1) is 46.4. The molecule has 6 aliphatic carbocycles. The number of carboxylic acids is 1. The monoisotopic (exact) mass is 891 g/mol. The van der Waals surface area contributed by atoms with Crippen molar-refractivity contribution < 1.29 is 42.5 Å². The van der Waals surface area contributed by atoms with Crippen LogP contribution in [0.25, 0.3) is 0 Å². The highest BCUT2D eigenvalue weighted by atomic mass is 32.2. The van der Waals surface area contributed by atoms with Crippen molar-refractivity contribution in [1.29, 1.82) is 0 Å². The van der Waals surface area contributed by atoms with E-state index < -0.39 is 44.6 Å². The first-order valence-electron chi connectivity index (χ1n) is 24.0. The van der Waals surface area contributed by atoms with Crippen LogP contribution in [0.4, 0.5) is 0 Å². The highest BCUT2D eigenvalue weighted by molar-refractivity contribution is 7.91. The number of ether oxygens (including phenoxy) is 1. The molecule has 63 heavy (non-hydrogen) atoms. The van der Waals surface area contributed by atoms with E-state index in [-0.39, 0.29) is 81.7 Å². The van der Waals surface area contributed by atoms with Gasteiger partial charge in [-0.05, 0) is 126 Å². The topological polar surface area (TPSA) is 167 Å². The molecular formula is C51H74N2O9S. The summed E-state index contributed by atoms with van der Waals surface area (Å²) in [5.74, 6) is -0.912. The molecule has 0 radical (unpaired) electrons. The molecule has 3 N–H and O–H groups in total. The van der Waals surface area contributed by atoms with Crippen LogP contribution in [0, 0.1) is 68.0 Å². The number of amides is 1. The molecule has 11 nitrogen and oxygen atoms in total. The number of hydrogen-bond donors (Lipinski definition) is 3. The van der Waals surface area contributed by atoms with Crippen molar-refractivity contribution in [2.45, 2.75) is 145 Å². The Morgan fingerprint density at radius 1 is 0.841 bits per heavy atom. The number of ketones is 1. The summed E-state index contributed by atoms with van der Waals surface area (Å²) in [7, 11) is -2.96. The van der Waals surface area contributed by atoms with E-state index in [9.17, 15) is 37.8 Å². The molecule has 0 aromatic heterocycles. The Bertz CT molecular complexity index is 2170. The molecule has 1 amide bonds. The third kappa shape index (κ3) is 7.28. The molecule has 8 rings (SSSR count). The lowest BCUT2D eigenvalue weighted by Gasteiger charge is -2.72. The van der Waals surface area contributed by atoms with Gasteiger partial charge in [-0.15, -0.1) is 0 Å². The summed E-state index contributed by atoms with van der Waals surface area (Å²) in [5.41, 5.74) is 1.83. The summed E-state index contributed by atoms with van der Waals surface area (Å²) in [4.78, 5) is 55.4. The number of carbonyl (C=O) groups excluding carboxylic acids is 3. The molecule has 1 aliphatic heterocycles. The molecule has 348 valence electrons. The lowest BCUT2D eigenvalue weighted by molar-refractivity contribution is -0.238. The number of aliphatic hydroxyl groups is 1. The van der Waals surface area contributed by atoms with Gasteiger partial charge in [-0.1, -0.05) is 80.0 Å². The molecule has 0 spiro atoms. The fourth-order valence-electron chi connectivity index (χ4n) is 15.7. The maximum absolute atomic E-state index is 14.2. The van der Waals surface area contributed by atoms with E-state index in [4.69, 9.17) is 4.74 Å². The molecular weight excluding hydrogens is 817 g/mol. The van der Waals surface area contributed by atoms with Crippen molar-refractivity contribution >= 4 is 33.5 Å². The summed E-state index contributed by atoms with van der Waals surface area (Å²) < 4.78 is 30.1. The van der Waals surface area contributed by atoms with Crippen LogP contribution in [-0.2, 0) is 35.5 Å². The number of nitrogens with one attached hydrogen (secondary N) is 1. The molecule has 1 aromatic rings. The average molecular weight is 891 g/mol. The predicted molar refractivity (Wildman–Crippen MR) is 241 cm³/mol. The van der Waals surface area contributed by atoms with Crippen molar-refractivity contribution in [3.05, 3.63) is 46.5 Å². The normalized spacial score (nSPS) is 39.5. The number of fused-ring (bicyclic) bond motifs is 7. The third-order valence-corrected chi connectivity index (χ3v) is 21.3. The van der Waals surface area contributed by atoms with E-state index in [0.29, 0.717) is 49.9 Å². The molecule has 5 saturated carbocycles. The van der Waals surface area contributed by atoms with Gasteiger partial charge in [-0.25, -0.2) is 8.42 Å². The van der Waals surface area contributed by atoms with Gasteiger partial charge in [-0.3, -0.25) is 24.1 Å². The van der Waals surface area contributed by atoms with Gasteiger partial charge in [0.2, 0.25) is 0 Å². The fourth-order valence-corrected chi connectivity index (χ4v) is 16.9. The summed E-state index contributed by atoms with van der Waals surface area (Å²) in [6.07, 6.45) is 6.79. The third-order valence-electron chi connectivity index (χ3n) is 19.7. The van der Waals surface area contributed by atoms with Crippen LogP contribution in [0.5, 0.6) is 0 Å². The molecule has 0 bridgehead atoms. The summed E-state index contributed by atoms with van der Waals surface area (Å²) >= 11 is 0. The zero-order valence-corrected chi connectivity index (χ0v) is 40.2. The Labute approximate surface area is 375 Å². The fraction of sp³-hybridized carbons (Fsp3) is 0.765. The standard InChI is InChI=1S/C51H74N2O9S/c1-30(2)41-36(54)27-51(39(55)28-52-43(56)32-12-10-31(11-13-32)29-53-22-24-63(60,61)25-23-53)21-20-49(8)33(42(41)51)14-15-38-48(7)18-17-40(47(5,6)37(48)16-19-50(38,49)9)62-45(59)35-26-34(44(57)58)46(35,3)4/h10-13,30,33-35,37-40,55H,14-29H2,1-9H3,(H,52,56)(H,57,58)/t33-,34+,35-,37+,38-,39+,40+,48+,49-,50-,51+/m1/s1. The van der Waals surface area contributed by atoms with E-state index in [1.807, 2.05) is 26.0 Å². The van der Waals surface area contributed by atoms with Gasteiger partial charge in [0, 0.05) is 49.0 Å². The Hall–Kier alpha value is -3.09. The number of esters is 1. The minimum atomic E-state index is -2.96. The zero-order valence-electron chi connectivity index (χ0n) is 39.3. The summed E-state index contributed by atoms with van der Waals surface area (Å²) in [6.45, 7) is 21.7. The van der Waals surface area contributed by atoms with Gasteiger partial charge in [0.1, 0.15) is 6.10 Å². The number of hydrogen-bond acceptors (Lipinski definition) is 9. The number of rotatable bonds is 10. The number of carboxylic acid groups (broad SMARTS) is 1. The molecule has 0 unspecified atom stereocenters. The van der Waals surface area contributed by atoms with Crippen LogP contribution in [0.1, 0.15) is 142 Å². The van der Waals surface area contributed by atoms with E-state index in [0.717, 1.165) is 56.1 Å². The summed E-state index contributed by atoms with van der Waals surface area (Å²) in [5, 5.41) is 25.1. The van der Waals surface area contributed by atoms with Crippen LogP contribution >= 0.6 is 0 Å². The second-order valence-electron chi connectivity index (χ2n) is 23.5. The number of aliphatic carboxylic acids is 1. The Morgan fingerprint density at radius 3 is 2.13 bits per heavy atom. The highest BCUT2D eigenvalue weighted by Gasteiger charge is 2.71. The van der Waals surface area contributed by atoms with Crippen molar-refractivity contribution in [3.63, 3.8) is 0 Å². The van der Waals surface area contributed by atoms with Gasteiger partial charge in [0.05, 0.1) is 29.4 Å². The maximum atomic E-state index is 14.2. The van der Waals surface area contributed by atoms with Gasteiger partial charge in [-0.2, -0.15) is 0 Å². The molecule has 11 atom stereocenters. The number of benzene rings is 1. The first-order chi connectivity index (χ1) is 29.3. The number of Topliss-reactive ketones (excluding diaryl/α,β-unsaturated/α-hetero) is 1. The maximum Gasteiger partial charge on any atom is 0.309 e. The van der Waals surface area contributed by atoms with Gasteiger partial charge in [0.25, 0.3) is 5.91 Å². The number of nitrogens with zero attached hydrogens (tertiary/aromatic N) is 1. The van der Waals surface area contributed by atoms with Crippen molar-refractivity contribution in [2.24, 2.45) is 68.0 Å². The minimum Gasteiger partial charge on any atom is -0.481 e. The van der Waals surface area contributed by atoms with Crippen LogP contribution in [0.2, 0.25) is 0 Å². The average Bonchev–Trinajstić information content (AvgIpc) is 3.52. The number of aliphatic hydroxyl groups excluding tert-OH is 1. The lowest BCUT2D eigenvalue weighted by atomic mass is 9.33. The molecule has 1 aromatic carbocycles. The SMILES string of the molecule is CC(C)C1=C2[C@H]3CC[C@@H]4[C@@]5(C)CC[C@H](OC(=O)[C@H]6C[C@@H](C(=O)O)C6(C)C)C(C)(C)[C@@H]5CC[C@@]4(C)[C@]3(C)CC[C@@]2([C@@H](O)CNC(=O)c2ccc(CN3CCS(=O)(=O)CC3)cc2)CC1=O. The second kappa shape index (κ2) is 15.8. The largest absolute Gasteiger partial charge is 0.481 e. The van der Waals surface area contributed by atoms with Crippen LogP contribution in [0.3, 0.4) is 0 Å². The lowest BCUT2D eigenvalue weighted by Crippen LogP contribution is -2.66. The molecule has 1 heterocycles. The van der Waals surface area contributed by atoms with Gasteiger partial charge < -0.3 is 20.3 Å². The van der Waals surface area contributed by atoms with Crippen molar-refractivity contribution in [3.8, 4) is 0 Å². The van der Waals surface area contributed by atoms with Gasteiger partial charge >= 0.3 is 11.9 Å². The second-order valence-corrected chi connectivity index (χ2v) is 25.8. The van der Waals surface area contributed by atoms with Crippen LogP contribution < -0.4 is 5.32 Å². The Morgan fingerprint density at radius 2 is 1.51 bits per heavy atom. The molecule has 6 fully saturated rings. The number of allylic oxidation sites excluding steroid dienone is 1. The predicted octanol–water partition coefficient (Wildman–Crippen LogP) is 7.65. The quantitative estimate of drug-likeness (QED) is 0.199. The molecule has 7 aliphatic rings. The number of carbonyl (C=O) groups is 4. The van der Waals surface area contributed by atoms with Crippen LogP contribution in [-0.4, -0.2) is 90.5 Å². The van der Waals surface area contributed by atoms with E-state index in [1.165, 1.54) is 5.57 Å². The minimum absolute atomic E-state index is 0.0180. The molecule has 12 heteroatoms. The Balaban J connectivity index is 0.977. The highest BCUT2D eigenvalue weighted by Crippen LogP contribution is 2.77. The van der Waals surface area contributed by atoms with E-state index >= 15 is 0 Å². The van der Waals surface area contributed by atoms with E-state index in [2.05, 4.69) is 58.7 Å². The zero-order chi connectivity index (χ0) is 45.9. The first-order valence-corrected chi connectivity index (χ1v) is 25.8. The van der Waals surface area contributed by atoms with Gasteiger partial charge in [0.15, 0.2) is 15.6 Å². The van der Waals surface area contributed by atoms with Crippen molar-refractivity contribution in [1.82, 2.24) is 10.2 Å². The molecule has 1 saturated heterocycles. The van der Waals surface area contributed by atoms with Crippen molar-refractivity contribution in [2.75, 3.05) is 31.1 Å². The Kier molecular flexibility index (Phi) is 11.6. The van der Waals surface area contributed by atoms with E-state index in [1.54, 1.807) is 12.1 Å². The summed E-state index contributed by atoms with van der Waals surface area (Å²) in [6, 6.07) is 7.38. The number of sulfone groups is 1. The van der Waals surface area contributed by atoms with Crippen LogP contribution in [0.15, 0.2) is 35.4 Å². The smallest absolute Gasteiger partial charge is 0.309 e.